The third-order valence-corrected chi connectivity index (χ3v) is 3.49. The molecule has 0 aromatic heterocycles. The van der Waals surface area contributed by atoms with Crippen LogP contribution in [0, 0.1) is 11.6 Å². The average molecular weight is 364 g/mol. The summed E-state index contributed by atoms with van der Waals surface area (Å²) in [5.41, 5.74) is 4.38. The summed E-state index contributed by atoms with van der Waals surface area (Å²) in [6.07, 6.45) is 1.20. The lowest BCUT2D eigenvalue weighted by Crippen LogP contribution is -2.54. The Bertz CT molecular complexity index is 562. The van der Waals surface area contributed by atoms with Crippen LogP contribution >= 0.6 is 12.4 Å². The number of hydrogen-bond donors (Lipinski definition) is 2. The number of carbonyl (C=O) groups excluding carboxylic acids is 2. The van der Waals surface area contributed by atoms with Gasteiger partial charge in [0.15, 0.2) is 0 Å². The largest absolute Gasteiger partial charge is 0.332 e. The second-order valence-electron chi connectivity index (χ2n) is 5.63. The number of nitrogens with one attached hydrogen (secondary N) is 1. The normalized spacial score (nSPS) is 12.8. The van der Waals surface area contributed by atoms with Crippen LogP contribution < -0.4 is 11.1 Å². The van der Waals surface area contributed by atoms with Crippen LogP contribution in [0.2, 0.25) is 0 Å². The summed E-state index contributed by atoms with van der Waals surface area (Å²) in [6.45, 7) is 5.16. The Kier molecular flexibility index (Phi) is 8.85. The molecule has 0 radical (unpaired) electrons. The van der Waals surface area contributed by atoms with Crippen LogP contribution in [-0.4, -0.2) is 35.3 Å². The zero-order valence-corrected chi connectivity index (χ0v) is 14.9. The van der Waals surface area contributed by atoms with Gasteiger partial charge in [-0.2, -0.15) is 0 Å². The molecule has 1 atom stereocenters. The second-order valence-corrected chi connectivity index (χ2v) is 5.63. The van der Waals surface area contributed by atoms with E-state index in [1.807, 2.05) is 6.92 Å². The summed E-state index contributed by atoms with van der Waals surface area (Å²) in [7, 11) is 0. The van der Waals surface area contributed by atoms with E-state index in [-0.39, 0.29) is 31.4 Å². The first-order chi connectivity index (χ1) is 10.7. The summed E-state index contributed by atoms with van der Waals surface area (Å²) in [6, 6.07) is 3.28. The number of rotatable bonds is 7. The number of nitrogens with zero attached hydrogens (tertiary/aromatic N) is 1. The fraction of sp³-hybridized carbons (Fsp3) is 0.500. The molecule has 5 nitrogen and oxygen atoms in total. The molecule has 2 amide bonds. The molecule has 1 aromatic rings. The van der Waals surface area contributed by atoms with Crippen LogP contribution in [0.25, 0.3) is 0 Å². The maximum atomic E-state index is 13.5. The monoisotopic (exact) mass is 363 g/mol. The van der Waals surface area contributed by atoms with Crippen LogP contribution in [0.1, 0.15) is 33.6 Å². The van der Waals surface area contributed by atoms with Crippen LogP contribution in [0.5, 0.6) is 0 Å². The van der Waals surface area contributed by atoms with E-state index >= 15 is 0 Å². The third-order valence-electron chi connectivity index (χ3n) is 3.49. The molecule has 0 heterocycles. The van der Waals surface area contributed by atoms with Crippen molar-refractivity contribution in [2.24, 2.45) is 5.73 Å². The van der Waals surface area contributed by atoms with Gasteiger partial charge in [0.1, 0.15) is 17.3 Å². The van der Waals surface area contributed by atoms with E-state index in [1.54, 1.807) is 13.8 Å². The number of para-hydroxylation sites is 1. The zero-order chi connectivity index (χ0) is 17.6. The van der Waals surface area contributed by atoms with Gasteiger partial charge in [0.25, 0.3) is 0 Å². The predicted molar refractivity (Wildman–Crippen MR) is 92.0 cm³/mol. The Hall–Kier alpha value is -1.73. The number of nitrogens with two attached hydrogens (primary N) is 1. The lowest BCUT2D eigenvalue weighted by molar-refractivity contribution is -0.139. The van der Waals surface area contributed by atoms with Gasteiger partial charge >= 0.3 is 0 Å². The lowest BCUT2D eigenvalue weighted by atomic mass is 9.95. The van der Waals surface area contributed by atoms with Gasteiger partial charge in [-0.05, 0) is 32.4 Å². The Morgan fingerprint density at radius 3 is 2.25 bits per heavy atom. The van der Waals surface area contributed by atoms with Gasteiger partial charge in [-0.25, -0.2) is 8.78 Å². The highest BCUT2D eigenvalue weighted by Gasteiger charge is 2.32. The summed E-state index contributed by atoms with van der Waals surface area (Å²) >= 11 is 0. The highest BCUT2D eigenvalue weighted by atomic mass is 35.5. The Labute approximate surface area is 147 Å². The average Bonchev–Trinajstić information content (AvgIpc) is 2.48. The molecule has 1 aromatic carbocycles. The molecular weight excluding hydrogens is 340 g/mol. The molecule has 8 heteroatoms. The van der Waals surface area contributed by atoms with Gasteiger partial charge < -0.3 is 16.0 Å². The molecule has 0 aliphatic rings. The molecule has 0 fully saturated rings. The quantitative estimate of drug-likeness (QED) is 0.782. The summed E-state index contributed by atoms with van der Waals surface area (Å²) in [5.74, 6) is -2.80. The predicted octanol–water partition coefficient (Wildman–Crippen LogP) is 2.69. The van der Waals surface area contributed by atoms with Gasteiger partial charge in [-0.3, -0.25) is 9.59 Å². The minimum absolute atomic E-state index is 0. The number of anilines is 1. The maximum absolute atomic E-state index is 13.5. The molecule has 0 bridgehead atoms. The number of hydrogen-bond acceptors (Lipinski definition) is 3. The highest BCUT2D eigenvalue weighted by Crippen LogP contribution is 2.18. The fourth-order valence-electron chi connectivity index (χ4n) is 2.28. The van der Waals surface area contributed by atoms with E-state index < -0.39 is 28.8 Å². The van der Waals surface area contributed by atoms with E-state index in [0.29, 0.717) is 6.42 Å². The second kappa shape index (κ2) is 9.54. The number of likely N-dealkylation sites (N-methyl/N-ethyl adjacent to an activating group) is 1. The molecule has 1 unspecified atom stereocenters. The lowest BCUT2D eigenvalue weighted by Gasteiger charge is -2.30. The topological polar surface area (TPSA) is 75.4 Å². The molecule has 24 heavy (non-hydrogen) atoms. The van der Waals surface area contributed by atoms with Crippen molar-refractivity contribution in [3.8, 4) is 0 Å². The van der Waals surface area contributed by atoms with Crippen LogP contribution in [0.15, 0.2) is 18.2 Å². The minimum atomic E-state index is -1.08. The standard InChI is InChI=1S/C16H23F2N3O2.ClH/c1-4-9-16(3,19)15(23)21(5-2)10-13(22)20-14-11(17)7-6-8-12(14)18;/h6-8H,4-5,9-10,19H2,1-3H3,(H,20,22);1H. The van der Waals surface area contributed by atoms with Crippen molar-refractivity contribution in [2.45, 2.75) is 39.2 Å². The molecular formula is C16H24ClF2N3O2. The van der Waals surface area contributed by atoms with Crippen molar-refractivity contribution in [2.75, 3.05) is 18.4 Å². The van der Waals surface area contributed by atoms with Crippen LogP contribution in [0.3, 0.4) is 0 Å². The van der Waals surface area contributed by atoms with Crippen molar-refractivity contribution >= 4 is 29.9 Å². The smallest absolute Gasteiger partial charge is 0.244 e. The van der Waals surface area contributed by atoms with Crippen molar-refractivity contribution < 1.29 is 18.4 Å². The van der Waals surface area contributed by atoms with E-state index in [9.17, 15) is 18.4 Å². The first-order valence-corrected chi connectivity index (χ1v) is 7.55. The van der Waals surface area contributed by atoms with E-state index in [4.69, 9.17) is 5.73 Å². The van der Waals surface area contributed by atoms with Crippen molar-refractivity contribution in [1.82, 2.24) is 4.90 Å². The maximum Gasteiger partial charge on any atom is 0.244 e. The van der Waals surface area contributed by atoms with E-state index in [1.165, 1.54) is 11.0 Å². The Morgan fingerprint density at radius 2 is 1.79 bits per heavy atom. The molecule has 1 rings (SSSR count). The first-order valence-electron chi connectivity index (χ1n) is 7.55. The van der Waals surface area contributed by atoms with Gasteiger partial charge in [-0.15, -0.1) is 12.4 Å². The SMILES string of the molecule is CCCC(C)(N)C(=O)N(CC)CC(=O)Nc1c(F)cccc1F.Cl. The van der Waals surface area contributed by atoms with Crippen LogP contribution in [-0.2, 0) is 9.59 Å². The van der Waals surface area contributed by atoms with Gasteiger partial charge in [0.05, 0.1) is 12.1 Å². The first kappa shape index (κ1) is 22.3. The third kappa shape index (κ3) is 5.72. The van der Waals surface area contributed by atoms with Gasteiger partial charge in [-0.1, -0.05) is 19.4 Å². The molecule has 0 aliphatic heterocycles. The Balaban J connectivity index is 0.00000529. The fourth-order valence-corrected chi connectivity index (χ4v) is 2.28. The van der Waals surface area contributed by atoms with Crippen molar-refractivity contribution in [3.63, 3.8) is 0 Å². The molecule has 0 saturated carbocycles. The molecule has 3 N–H and O–H groups in total. The number of carbonyl (C=O) groups is 2. The number of amides is 2. The molecule has 0 aliphatic carbocycles. The summed E-state index contributed by atoms with van der Waals surface area (Å²) in [4.78, 5) is 25.6. The number of benzene rings is 1. The summed E-state index contributed by atoms with van der Waals surface area (Å²) < 4.78 is 27.0. The molecule has 136 valence electrons. The van der Waals surface area contributed by atoms with Gasteiger partial charge in [0.2, 0.25) is 11.8 Å². The van der Waals surface area contributed by atoms with Gasteiger partial charge in [0, 0.05) is 6.54 Å². The minimum Gasteiger partial charge on any atom is -0.332 e. The van der Waals surface area contributed by atoms with E-state index in [2.05, 4.69) is 5.32 Å². The Morgan fingerprint density at radius 1 is 1.25 bits per heavy atom. The molecule has 0 spiro atoms. The highest BCUT2D eigenvalue weighted by molar-refractivity contribution is 5.96. The van der Waals surface area contributed by atoms with Crippen molar-refractivity contribution in [1.29, 1.82) is 0 Å². The van der Waals surface area contributed by atoms with Crippen molar-refractivity contribution in [3.05, 3.63) is 29.8 Å². The van der Waals surface area contributed by atoms with Crippen LogP contribution in [0.4, 0.5) is 14.5 Å². The number of halogens is 3. The summed E-state index contributed by atoms with van der Waals surface area (Å²) in [5, 5.41) is 2.16. The molecule has 0 saturated heterocycles. The van der Waals surface area contributed by atoms with E-state index in [0.717, 1.165) is 18.6 Å². The zero-order valence-electron chi connectivity index (χ0n) is 14.1.